The molecule has 1 aromatic rings. The van der Waals surface area contributed by atoms with Crippen LogP contribution in [0.5, 0.6) is 5.75 Å². The quantitative estimate of drug-likeness (QED) is 0.279. The summed E-state index contributed by atoms with van der Waals surface area (Å²) in [5, 5.41) is 3.08. The van der Waals surface area contributed by atoms with E-state index < -0.39 is 0 Å². The van der Waals surface area contributed by atoms with Crippen molar-refractivity contribution in [1.82, 2.24) is 5.32 Å². The van der Waals surface area contributed by atoms with Crippen LogP contribution in [0, 0.1) is 0 Å². The van der Waals surface area contributed by atoms with Gasteiger partial charge in [0.2, 0.25) is 0 Å². The lowest BCUT2D eigenvalue weighted by Gasteiger charge is -2.13. The Bertz CT molecular complexity index is 441. The number of ether oxygens (including phenoxy) is 2. The van der Waals surface area contributed by atoms with E-state index in [4.69, 9.17) is 15.2 Å². The molecule has 1 atom stereocenters. The third-order valence-electron chi connectivity index (χ3n) is 2.91. The summed E-state index contributed by atoms with van der Waals surface area (Å²) in [5.74, 6) is 1.31. The normalized spacial score (nSPS) is 12.4. The highest BCUT2D eigenvalue weighted by molar-refractivity contribution is 14.0. The van der Waals surface area contributed by atoms with Gasteiger partial charge in [-0.25, -0.2) is 4.99 Å². The molecule has 0 aliphatic heterocycles. The van der Waals surface area contributed by atoms with Crippen LogP contribution >= 0.6 is 24.0 Å². The summed E-state index contributed by atoms with van der Waals surface area (Å²) in [4.78, 5) is 4.33. The summed E-state index contributed by atoms with van der Waals surface area (Å²) in [6, 6.07) is 8.10. The summed E-state index contributed by atoms with van der Waals surface area (Å²) in [7, 11) is 1.66. The number of guanidine groups is 1. The lowest BCUT2D eigenvalue weighted by molar-refractivity contribution is 0.179. The zero-order chi connectivity index (χ0) is 15.5. The number of nitrogens with zero attached hydrogens (tertiary/aromatic N) is 1. The molecular formula is C16H28IN3O2. The first-order valence-corrected chi connectivity index (χ1v) is 7.42. The van der Waals surface area contributed by atoms with Crippen molar-refractivity contribution in [2.45, 2.75) is 39.3 Å². The van der Waals surface area contributed by atoms with Crippen molar-refractivity contribution in [1.29, 1.82) is 0 Å². The highest BCUT2D eigenvalue weighted by Gasteiger charge is 2.02. The number of unbranched alkanes of at least 4 members (excludes halogenated alkanes) is 1. The van der Waals surface area contributed by atoms with Crippen LogP contribution in [0.15, 0.2) is 29.3 Å². The number of aliphatic imine (C=N–C) groups is 1. The number of hydrogen-bond acceptors (Lipinski definition) is 3. The fourth-order valence-corrected chi connectivity index (χ4v) is 1.83. The molecule has 0 saturated heterocycles. The number of hydrogen-bond donors (Lipinski definition) is 2. The Balaban J connectivity index is 0.00000441. The molecule has 1 aromatic carbocycles. The van der Waals surface area contributed by atoms with Gasteiger partial charge in [0, 0.05) is 13.2 Å². The summed E-state index contributed by atoms with van der Waals surface area (Å²) in [6.07, 6.45) is 2.20. The van der Waals surface area contributed by atoms with Gasteiger partial charge < -0.3 is 20.5 Å². The number of rotatable bonds is 9. The summed E-state index contributed by atoms with van der Waals surface area (Å²) in [5.41, 5.74) is 6.92. The molecule has 0 bridgehead atoms. The fraction of sp³-hybridized carbons (Fsp3) is 0.562. The standard InChI is InChI=1S/C16H27N3O2.HI/c1-4-5-9-21-15-8-6-7-14(10-15)11-18-16(17)19-13(2)12-20-3;/h6-8,10,13H,4-5,9,11-12H2,1-3H3,(H3,17,18,19);1H. The minimum absolute atomic E-state index is 0. The molecule has 1 unspecified atom stereocenters. The summed E-state index contributed by atoms with van der Waals surface area (Å²) >= 11 is 0. The van der Waals surface area contributed by atoms with Gasteiger partial charge in [-0.15, -0.1) is 24.0 Å². The van der Waals surface area contributed by atoms with Crippen molar-refractivity contribution >= 4 is 29.9 Å². The van der Waals surface area contributed by atoms with E-state index in [9.17, 15) is 0 Å². The molecule has 0 fully saturated rings. The highest BCUT2D eigenvalue weighted by Crippen LogP contribution is 2.14. The maximum absolute atomic E-state index is 5.84. The number of nitrogens with one attached hydrogen (secondary N) is 1. The van der Waals surface area contributed by atoms with Crippen LogP contribution in [-0.2, 0) is 11.3 Å². The molecule has 0 radical (unpaired) electrons. The molecule has 0 aliphatic rings. The molecule has 22 heavy (non-hydrogen) atoms. The van der Waals surface area contributed by atoms with Crippen LogP contribution in [0.4, 0.5) is 0 Å². The average molecular weight is 421 g/mol. The van der Waals surface area contributed by atoms with Crippen molar-refractivity contribution in [3.63, 3.8) is 0 Å². The second kappa shape index (κ2) is 12.5. The Kier molecular flexibility index (Phi) is 11.9. The molecule has 3 N–H and O–H groups in total. The first kappa shape index (κ1) is 21.0. The minimum atomic E-state index is 0. The summed E-state index contributed by atoms with van der Waals surface area (Å²) in [6.45, 7) is 6.02. The zero-order valence-corrected chi connectivity index (χ0v) is 16.0. The third kappa shape index (κ3) is 9.09. The van der Waals surface area contributed by atoms with Crippen LogP contribution in [-0.4, -0.2) is 32.3 Å². The van der Waals surface area contributed by atoms with E-state index in [0.29, 0.717) is 19.1 Å². The Morgan fingerprint density at radius 1 is 1.41 bits per heavy atom. The van der Waals surface area contributed by atoms with Crippen LogP contribution in [0.25, 0.3) is 0 Å². The molecule has 6 heteroatoms. The maximum atomic E-state index is 5.84. The zero-order valence-electron chi connectivity index (χ0n) is 13.7. The number of benzene rings is 1. The van der Waals surface area contributed by atoms with Gasteiger partial charge in [-0.05, 0) is 31.0 Å². The van der Waals surface area contributed by atoms with E-state index in [1.165, 1.54) is 0 Å². The number of methoxy groups -OCH3 is 1. The van der Waals surface area contributed by atoms with Gasteiger partial charge in [-0.1, -0.05) is 25.5 Å². The highest BCUT2D eigenvalue weighted by atomic mass is 127. The van der Waals surface area contributed by atoms with Crippen molar-refractivity contribution in [3.8, 4) is 5.75 Å². The molecule has 1 rings (SSSR count). The number of nitrogens with two attached hydrogens (primary N) is 1. The Labute approximate surface area is 150 Å². The summed E-state index contributed by atoms with van der Waals surface area (Å²) < 4.78 is 10.7. The molecule has 0 heterocycles. The van der Waals surface area contributed by atoms with Crippen molar-refractivity contribution in [2.24, 2.45) is 10.7 Å². The Morgan fingerprint density at radius 3 is 2.86 bits per heavy atom. The topological polar surface area (TPSA) is 68.9 Å². The second-order valence-electron chi connectivity index (χ2n) is 5.05. The predicted octanol–water partition coefficient (Wildman–Crippen LogP) is 2.92. The Hall–Kier alpha value is -1.02. The van der Waals surface area contributed by atoms with Crippen molar-refractivity contribution in [3.05, 3.63) is 29.8 Å². The fourth-order valence-electron chi connectivity index (χ4n) is 1.83. The molecule has 0 aliphatic carbocycles. The van der Waals surface area contributed by atoms with E-state index in [-0.39, 0.29) is 30.0 Å². The van der Waals surface area contributed by atoms with E-state index in [1.54, 1.807) is 7.11 Å². The molecule has 0 amide bonds. The van der Waals surface area contributed by atoms with Gasteiger partial charge in [0.1, 0.15) is 5.75 Å². The van der Waals surface area contributed by atoms with E-state index in [0.717, 1.165) is 30.8 Å². The molecule has 5 nitrogen and oxygen atoms in total. The minimum Gasteiger partial charge on any atom is -0.494 e. The van der Waals surface area contributed by atoms with Gasteiger partial charge in [0.25, 0.3) is 0 Å². The van der Waals surface area contributed by atoms with Gasteiger partial charge in [0.15, 0.2) is 5.96 Å². The molecule has 0 aromatic heterocycles. The monoisotopic (exact) mass is 421 g/mol. The van der Waals surface area contributed by atoms with E-state index >= 15 is 0 Å². The maximum Gasteiger partial charge on any atom is 0.189 e. The van der Waals surface area contributed by atoms with Crippen LogP contribution in [0.3, 0.4) is 0 Å². The van der Waals surface area contributed by atoms with E-state index in [1.807, 2.05) is 31.2 Å². The van der Waals surface area contributed by atoms with Gasteiger partial charge >= 0.3 is 0 Å². The van der Waals surface area contributed by atoms with Crippen LogP contribution in [0.1, 0.15) is 32.3 Å². The molecule has 126 valence electrons. The largest absolute Gasteiger partial charge is 0.494 e. The van der Waals surface area contributed by atoms with Crippen LogP contribution in [0.2, 0.25) is 0 Å². The van der Waals surface area contributed by atoms with Gasteiger partial charge in [-0.3, -0.25) is 0 Å². The van der Waals surface area contributed by atoms with Crippen molar-refractivity contribution < 1.29 is 9.47 Å². The third-order valence-corrected chi connectivity index (χ3v) is 2.91. The smallest absolute Gasteiger partial charge is 0.189 e. The number of halogens is 1. The van der Waals surface area contributed by atoms with Gasteiger partial charge in [-0.2, -0.15) is 0 Å². The van der Waals surface area contributed by atoms with Crippen LogP contribution < -0.4 is 15.8 Å². The Morgan fingerprint density at radius 2 is 2.18 bits per heavy atom. The second-order valence-corrected chi connectivity index (χ2v) is 5.05. The SMILES string of the molecule is CCCCOc1cccc(CN=C(N)NC(C)COC)c1.I. The van der Waals surface area contributed by atoms with Gasteiger partial charge in [0.05, 0.1) is 19.8 Å². The molecular weight excluding hydrogens is 393 g/mol. The molecule has 0 spiro atoms. The first-order valence-electron chi connectivity index (χ1n) is 7.42. The molecule has 0 saturated carbocycles. The van der Waals surface area contributed by atoms with Crippen molar-refractivity contribution in [2.75, 3.05) is 20.3 Å². The lowest BCUT2D eigenvalue weighted by Crippen LogP contribution is -2.40. The predicted molar refractivity (Wildman–Crippen MR) is 102 cm³/mol. The average Bonchev–Trinajstić information content (AvgIpc) is 2.46. The van der Waals surface area contributed by atoms with E-state index in [2.05, 4.69) is 17.2 Å². The lowest BCUT2D eigenvalue weighted by atomic mass is 10.2. The first-order chi connectivity index (χ1) is 10.2.